The maximum absolute atomic E-state index is 5.57. The molecule has 4 heterocycles. The van der Waals surface area contributed by atoms with Crippen LogP contribution in [0.4, 0.5) is 0 Å². The van der Waals surface area contributed by atoms with Gasteiger partial charge in [0.2, 0.25) is 0 Å². The van der Waals surface area contributed by atoms with E-state index in [0.29, 0.717) is 12.3 Å². The van der Waals surface area contributed by atoms with Gasteiger partial charge in [0.15, 0.2) is 11.5 Å². The first kappa shape index (κ1) is 36.1. The average molecular weight is 816 g/mol. The zero-order valence-corrected chi connectivity index (χ0v) is 34.7. The van der Waals surface area contributed by atoms with Gasteiger partial charge in [-0.15, -0.1) is 0 Å². The van der Waals surface area contributed by atoms with Crippen LogP contribution in [0.25, 0.3) is 98.8 Å². The predicted octanol–water partition coefficient (Wildman–Crippen LogP) is 14.7. The van der Waals surface area contributed by atoms with E-state index in [9.17, 15) is 0 Å². The third-order valence-corrected chi connectivity index (χ3v) is 12.8. The molecule has 3 aromatic heterocycles. The summed E-state index contributed by atoms with van der Waals surface area (Å²) in [4.78, 5) is 21.4. The lowest BCUT2D eigenvalue weighted by molar-refractivity contribution is 1.19. The molecule has 0 amide bonds. The fraction of sp³-hybridized carbons (Fsp3) is 0.0169. The van der Waals surface area contributed by atoms with Crippen molar-refractivity contribution in [1.29, 1.82) is 0 Å². The quantitative estimate of drug-likeness (QED) is 0.163. The van der Waals surface area contributed by atoms with Gasteiger partial charge in [-0.05, 0) is 96.2 Å². The second-order valence-corrected chi connectivity index (χ2v) is 16.5. The van der Waals surface area contributed by atoms with Crippen LogP contribution < -0.4 is 0 Å². The molecule has 5 heteroatoms. The summed E-state index contributed by atoms with van der Waals surface area (Å²) in [7, 11) is 0. The van der Waals surface area contributed by atoms with Gasteiger partial charge in [0, 0.05) is 40.1 Å². The summed E-state index contributed by atoms with van der Waals surface area (Å²) in [5.41, 5.74) is 11.9. The molecule has 298 valence electrons. The molecule has 0 bridgehead atoms. The van der Waals surface area contributed by atoms with E-state index in [0.717, 1.165) is 88.8 Å². The molecule has 0 aliphatic carbocycles. The molecule has 0 fully saturated rings. The second kappa shape index (κ2) is 14.5. The number of pyridine rings is 2. The van der Waals surface area contributed by atoms with Crippen molar-refractivity contribution in [1.82, 2.24) is 14.4 Å². The number of hydrogen-bond donors (Lipinski definition) is 0. The van der Waals surface area contributed by atoms with Crippen LogP contribution in [0.3, 0.4) is 0 Å². The number of allylic oxidation sites excluding steroid dienone is 1. The summed E-state index contributed by atoms with van der Waals surface area (Å²) >= 11 is 0. The van der Waals surface area contributed by atoms with Gasteiger partial charge in [0.1, 0.15) is 11.2 Å². The molecule has 5 nitrogen and oxygen atoms in total. The van der Waals surface area contributed by atoms with Crippen LogP contribution in [-0.4, -0.2) is 25.9 Å². The largest absolute Gasteiger partial charge is 0.284 e. The van der Waals surface area contributed by atoms with Gasteiger partial charge in [-0.25, -0.2) is 20.0 Å². The third-order valence-electron chi connectivity index (χ3n) is 12.8. The minimum Gasteiger partial charge on any atom is -0.284 e. The number of hydrogen-bond acceptors (Lipinski definition) is 4. The van der Waals surface area contributed by atoms with E-state index in [1.54, 1.807) is 0 Å². The molecule has 0 saturated carbocycles. The highest BCUT2D eigenvalue weighted by molar-refractivity contribution is 6.24. The van der Waals surface area contributed by atoms with Gasteiger partial charge in [-0.3, -0.25) is 4.40 Å². The third kappa shape index (κ3) is 5.86. The topological polar surface area (TPSA) is 54.9 Å². The predicted molar refractivity (Wildman–Crippen MR) is 267 cm³/mol. The molecule has 1 aliphatic heterocycles. The number of aliphatic imine (C=N–C) groups is 2. The Hall–Kier alpha value is -8.54. The Kier molecular flexibility index (Phi) is 8.21. The molecule has 13 rings (SSSR count). The van der Waals surface area contributed by atoms with Crippen LogP contribution in [0.1, 0.15) is 23.1 Å². The Morgan fingerprint density at radius 2 is 0.938 bits per heavy atom. The summed E-state index contributed by atoms with van der Waals surface area (Å²) in [5.74, 6) is 0.700. The molecule has 1 aliphatic rings. The van der Waals surface area contributed by atoms with E-state index in [2.05, 4.69) is 192 Å². The van der Waals surface area contributed by atoms with Gasteiger partial charge < -0.3 is 0 Å². The number of amidine groups is 1. The van der Waals surface area contributed by atoms with E-state index >= 15 is 0 Å². The van der Waals surface area contributed by atoms with E-state index in [4.69, 9.17) is 20.0 Å². The Labute approximate surface area is 368 Å². The first-order valence-electron chi connectivity index (χ1n) is 21.8. The average Bonchev–Trinajstić information content (AvgIpc) is 3.60. The summed E-state index contributed by atoms with van der Waals surface area (Å²) < 4.78 is 2.08. The van der Waals surface area contributed by atoms with E-state index in [-0.39, 0.29) is 0 Å². The Morgan fingerprint density at radius 3 is 1.66 bits per heavy atom. The Balaban J connectivity index is 0.972. The number of rotatable bonds is 5. The highest BCUT2D eigenvalue weighted by atomic mass is 15.1. The van der Waals surface area contributed by atoms with Crippen molar-refractivity contribution >= 4 is 87.9 Å². The summed E-state index contributed by atoms with van der Waals surface area (Å²) in [6.45, 7) is 0. The van der Waals surface area contributed by atoms with Crippen molar-refractivity contribution < 1.29 is 0 Å². The fourth-order valence-electron chi connectivity index (χ4n) is 9.81. The molecule has 9 aromatic carbocycles. The number of imidazole rings is 1. The first-order valence-corrected chi connectivity index (χ1v) is 21.8. The van der Waals surface area contributed by atoms with Crippen molar-refractivity contribution in [2.45, 2.75) is 6.42 Å². The number of fused-ring (bicyclic) bond motifs is 11. The lowest BCUT2D eigenvalue weighted by Gasteiger charge is -2.13. The van der Waals surface area contributed by atoms with E-state index in [1.807, 2.05) is 24.4 Å². The van der Waals surface area contributed by atoms with Crippen LogP contribution in [0.5, 0.6) is 0 Å². The summed E-state index contributed by atoms with van der Waals surface area (Å²) in [6.07, 6.45) is 4.91. The molecule has 0 spiro atoms. The molecule has 64 heavy (non-hydrogen) atoms. The van der Waals surface area contributed by atoms with Crippen LogP contribution in [0.15, 0.2) is 222 Å². The molecular weight excluding hydrogens is 779 g/mol. The van der Waals surface area contributed by atoms with E-state index in [1.165, 1.54) is 32.3 Å². The SMILES string of the molecule is C1=C(c2cc3ccccc3c3ccccc23)N=C(c2cc3ccccc3c3ccccc23)N=C(c2cccc(-c3cccc(-c4nc5c(nc6ccccn65)c5ccccc45)c3)c2)C1. The van der Waals surface area contributed by atoms with Crippen LogP contribution in [-0.2, 0) is 0 Å². The molecule has 0 N–H and O–H groups in total. The molecule has 0 atom stereocenters. The number of benzene rings is 9. The molecule has 0 radical (unpaired) electrons. The fourth-order valence-corrected chi connectivity index (χ4v) is 9.81. The highest BCUT2D eigenvalue weighted by Gasteiger charge is 2.20. The minimum absolute atomic E-state index is 0.605. The lowest BCUT2D eigenvalue weighted by atomic mass is 9.94. The van der Waals surface area contributed by atoms with E-state index < -0.39 is 0 Å². The van der Waals surface area contributed by atoms with Crippen molar-refractivity contribution in [3.63, 3.8) is 0 Å². The molecule has 12 aromatic rings. The van der Waals surface area contributed by atoms with Gasteiger partial charge >= 0.3 is 0 Å². The summed E-state index contributed by atoms with van der Waals surface area (Å²) in [5, 5.41) is 11.7. The molecule has 0 saturated heterocycles. The van der Waals surface area contributed by atoms with Gasteiger partial charge in [0.05, 0.1) is 17.1 Å². The monoisotopic (exact) mass is 815 g/mol. The minimum atomic E-state index is 0.605. The smallest absolute Gasteiger partial charge is 0.165 e. The number of aromatic nitrogens is 3. The van der Waals surface area contributed by atoms with Crippen molar-refractivity contribution in [3.05, 3.63) is 229 Å². The maximum Gasteiger partial charge on any atom is 0.165 e. The maximum atomic E-state index is 5.57. The van der Waals surface area contributed by atoms with Crippen LogP contribution >= 0.6 is 0 Å². The Bertz CT molecular complexity index is 4000. The highest BCUT2D eigenvalue weighted by Crippen LogP contribution is 2.38. The number of nitrogens with zero attached hydrogens (tertiary/aromatic N) is 5. The van der Waals surface area contributed by atoms with Crippen LogP contribution in [0, 0.1) is 0 Å². The van der Waals surface area contributed by atoms with Crippen LogP contribution in [0.2, 0.25) is 0 Å². The zero-order valence-electron chi connectivity index (χ0n) is 34.7. The molecular formula is C59H37N5. The first-order chi connectivity index (χ1) is 31.7. The summed E-state index contributed by atoms with van der Waals surface area (Å²) in [6, 6.07) is 71.2. The Morgan fingerprint density at radius 1 is 0.391 bits per heavy atom. The zero-order chi connectivity index (χ0) is 42.1. The second-order valence-electron chi connectivity index (χ2n) is 16.5. The molecule has 0 unspecified atom stereocenters. The van der Waals surface area contributed by atoms with Crippen molar-refractivity contribution in [2.75, 3.05) is 0 Å². The van der Waals surface area contributed by atoms with Gasteiger partial charge in [-0.2, -0.15) is 0 Å². The van der Waals surface area contributed by atoms with Gasteiger partial charge in [-0.1, -0.05) is 170 Å². The normalized spacial score (nSPS) is 13.2. The lowest BCUT2D eigenvalue weighted by Crippen LogP contribution is -2.06. The standard InChI is InChI=1S/C59H37N5/c1-3-21-43-39(15-1)35-51(47-25-7-5-23-45(43)47)54-31-30-53(60-58(61-54)52-36-40-16-2-4-22-44(40)46-24-6-8-26-48(46)52)41-19-13-17-37(33-41)38-18-14-20-42(34-38)56-49-27-9-10-28-50(49)57-59(63-56)64-32-12-11-29-55(64)62-57/h1-29,31-36H,30H2. The van der Waals surface area contributed by atoms with Crippen molar-refractivity contribution in [3.8, 4) is 22.4 Å². The van der Waals surface area contributed by atoms with Crippen molar-refractivity contribution in [2.24, 2.45) is 9.98 Å². The van der Waals surface area contributed by atoms with Gasteiger partial charge in [0.25, 0.3) is 0 Å².